The average molecular weight is 181 g/mol. The van der Waals surface area contributed by atoms with Crippen LogP contribution in [0.4, 0.5) is 0 Å². The highest BCUT2D eigenvalue weighted by atomic mass is 15.1. The van der Waals surface area contributed by atoms with Gasteiger partial charge >= 0.3 is 0 Å². The largest absolute Gasteiger partial charge is 0.316 e. The summed E-state index contributed by atoms with van der Waals surface area (Å²) in [5.74, 6) is 0.826. The minimum absolute atomic E-state index is 0.678. The Morgan fingerprint density at radius 2 is 2.46 bits per heavy atom. The Labute approximate surface area is 80.7 Å². The summed E-state index contributed by atoms with van der Waals surface area (Å²) in [6.45, 7) is 4.58. The predicted octanol–water partition coefficient (Wildman–Crippen LogP) is 0.831. The zero-order chi connectivity index (χ0) is 9.52. The molecule has 1 unspecified atom stereocenters. The molecule has 1 atom stereocenters. The number of likely N-dealkylation sites (tertiary alicyclic amines) is 1. The van der Waals surface area contributed by atoms with Crippen LogP contribution in [0.1, 0.15) is 19.3 Å². The van der Waals surface area contributed by atoms with E-state index in [2.05, 4.69) is 23.3 Å². The summed E-state index contributed by atoms with van der Waals surface area (Å²) in [5.41, 5.74) is 0. The van der Waals surface area contributed by atoms with Crippen molar-refractivity contribution < 1.29 is 0 Å². The van der Waals surface area contributed by atoms with Crippen molar-refractivity contribution in [2.24, 2.45) is 5.92 Å². The summed E-state index contributed by atoms with van der Waals surface area (Å²) in [7, 11) is 2.18. The Balaban J connectivity index is 1.92. The van der Waals surface area contributed by atoms with Crippen LogP contribution in [0.3, 0.4) is 0 Å². The quantitative estimate of drug-likeness (QED) is 0.639. The summed E-state index contributed by atoms with van der Waals surface area (Å²) >= 11 is 0. The molecule has 1 rings (SSSR count). The van der Waals surface area contributed by atoms with Crippen LogP contribution in [0.5, 0.6) is 0 Å². The van der Waals surface area contributed by atoms with E-state index in [1.807, 2.05) is 0 Å². The average Bonchev–Trinajstić information content (AvgIpc) is 2.51. The summed E-state index contributed by atoms with van der Waals surface area (Å²) in [4.78, 5) is 2.38. The van der Waals surface area contributed by atoms with Gasteiger partial charge in [-0.2, -0.15) is 5.26 Å². The first kappa shape index (κ1) is 10.5. The van der Waals surface area contributed by atoms with E-state index < -0.39 is 0 Å². The lowest BCUT2D eigenvalue weighted by molar-refractivity contribution is 0.388. The van der Waals surface area contributed by atoms with Gasteiger partial charge < -0.3 is 10.2 Å². The Hall–Kier alpha value is -0.590. The van der Waals surface area contributed by atoms with E-state index in [0.29, 0.717) is 6.42 Å². The SMILES string of the molecule is CN1CCC(CNCCCC#N)C1. The lowest BCUT2D eigenvalue weighted by Crippen LogP contribution is -2.25. The molecule has 0 radical (unpaired) electrons. The van der Waals surface area contributed by atoms with E-state index in [1.54, 1.807) is 0 Å². The molecule has 1 saturated heterocycles. The number of unbranched alkanes of at least 4 members (excludes halogenated alkanes) is 1. The topological polar surface area (TPSA) is 39.1 Å². The molecule has 0 aliphatic carbocycles. The molecule has 74 valence electrons. The van der Waals surface area contributed by atoms with Gasteiger partial charge in [0.2, 0.25) is 0 Å². The second kappa shape index (κ2) is 5.95. The van der Waals surface area contributed by atoms with Crippen molar-refractivity contribution in [3.8, 4) is 6.07 Å². The molecule has 0 bridgehead atoms. The molecule has 0 aromatic rings. The van der Waals surface area contributed by atoms with Crippen LogP contribution in [0.25, 0.3) is 0 Å². The number of nitrogens with zero attached hydrogens (tertiary/aromatic N) is 2. The number of nitriles is 1. The van der Waals surface area contributed by atoms with Gasteiger partial charge in [-0.3, -0.25) is 0 Å². The third-order valence-corrected chi connectivity index (χ3v) is 2.56. The third kappa shape index (κ3) is 4.25. The van der Waals surface area contributed by atoms with E-state index >= 15 is 0 Å². The molecule has 0 amide bonds. The monoisotopic (exact) mass is 181 g/mol. The molecule has 3 nitrogen and oxygen atoms in total. The predicted molar refractivity (Wildman–Crippen MR) is 53.3 cm³/mol. The fourth-order valence-electron chi connectivity index (χ4n) is 1.79. The van der Waals surface area contributed by atoms with Crippen molar-refractivity contribution in [3.63, 3.8) is 0 Å². The minimum atomic E-state index is 0.678. The van der Waals surface area contributed by atoms with Gasteiger partial charge in [-0.05, 0) is 45.4 Å². The molecule has 0 aromatic carbocycles. The minimum Gasteiger partial charge on any atom is -0.316 e. The number of rotatable bonds is 5. The molecular formula is C10H19N3. The highest BCUT2D eigenvalue weighted by Gasteiger charge is 2.18. The maximum absolute atomic E-state index is 8.33. The summed E-state index contributed by atoms with van der Waals surface area (Å²) in [5, 5.41) is 11.7. The van der Waals surface area contributed by atoms with Crippen molar-refractivity contribution in [1.82, 2.24) is 10.2 Å². The van der Waals surface area contributed by atoms with E-state index in [1.165, 1.54) is 19.5 Å². The molecular weight excluding hydrogens is 162 g/mol. The molecule has 1 aliphatic heterocycles. The Bertz CT molecular complexity index is 173. The fraction of sp³-hybridized carbons (Fsp3) is 0.900. The van der Waals surface area contributed by atoms with Crippen LogP contribution in [-0.4, -0.2) is 38.1 Å². The fourth-order valence-corrected chi connectivity index (χ4v) is 1.79. The van der Waals surface area contributed by atoms with Crippen LogP contribution in [-0.2, 0) is 0 Å². The van der Waals surface area contributed by atoms with Crippen molar-refractivity contribution >= 4 is 0 Å². The van der Waals surface area contributed by atoms with Crippen LogP contribution in [0.2, 0.25) is 0 Å². The number of hydrogen-bond acceptors (Lipinski definition) is 3. The smallest absolute Gasteiger partial charge is 0.0622 e. The van der Waals surface area contributed by atoms with Gasteiger partial charge in [0.25, 0.3) is 0 Å². The number of nitrogens with one attached hydrogen (secondary N) is 1. The highest BCUT2D eigenvalue weighted by molar-refractivity contribution is 4.75. The van der Waals surface area contributed by atoms with Crippen LogP contribution < -0.4 is 5.32 Å². The first-order chi connectivity index (χ1) is 6.33. The lowest BCUT2D eigenvalue weighted by atomic mass is 10.1. The van der Waals surface area contributed by atoms with Crippen LogP contribution in [0.15, 0.2) is 0 Å². The second-order valence-electron chi connectivity index (χ2n) is 3.88. The van der Waals surface area contributed by atoms with Gasteiger partial charge in [-0.1, -0.05) is 0 Å². The van der Waals surface area contributed by atoms with Gasteiger partial charge in [-0.25, -0.2) is 0 Å². The zero-order valence-electron chi connectivity index (χ0n) is 8.42. The van der Waals surface area contributed by atoms with Crippen molar-refractivity contribution in [2.75, 3.05) is 33.2 Å². The summed E-state index contributed by atoms with van der Waals surface area (Å²) in [6, 6.07) is 2.15. The van der Waals surface area contributed by atoms with Crippen molar-refractivity contribution in [2.45, 2.75) is 19.3 Å². The highest BCUT2D eigenvalue weighted by Crippen LogP contribution is 2.12. The van der Waals surface area contributed by atoms with Gasteiger partial charge in [0.15, 0.2) is 0 Å². The second-order valence-corrected chi connectivity index (χ2v) is 3.88. The molecule has 0 spiro atoms. The van der Waals surface area contributed by atoms with E-state index in [4.69, 9.17) is 5.26 Å². The van der Waals surface area contributed by atoms with Crippen LogP contribution in [0, 0.1) is 17.2 Å². The maximum Gasteiger partial charge on any atom is 0.0622 e. The first-order valence-corrected chi connectivity index (χ1v) is 5.09. The Morgan fingerprint density at radius 3 is 3.08 bits per heavy atom. The van der Waals surface area contributed by atoms with E-state index in [9.17, 15) is 0 Å². The van der Waals surface area contributed by atoms with Gasteiger partial charge in [-0.15, -0.1) is 0 Å². The molecule has 13 heavy (non-hydrogen) atoms. The zero-order valence-corrected chi connectivity index (χ0v) is 8.42. The van der Waals surface area contributed by atoms with Crippen LogP contribution >= 0.6 is 0 Å². The lowest BCUT2D eigenvalue weighted by Gasteiger charge is -2.10. The standard InChI is InChI=1S/C10H19N3/c1-13-7-4-10(9-13)8-12-6-3-2-5-11/h10,12H,2-4,6-9H2,1H3. The molecule has 1 N–H and O–H groups in total. The molecule has 1 heterocycles. The van der Waals surface area contributed by atoms with E-state index in [-0.39, 0.29) is 0 Å². The Morgan fingerprint density at radius 1 is 1.62 bits per heavy atom. The molecule has 0 aromatic heterocycles. The van der Waals surface area contributed by atoms with Crippen molar-refractivity contribution in [1.29, 1.82) is 5.26 Å². The molecule has 1 fully saturated rings. The summed E-state index contributed by atoms with van der Waals surface area (Å²) < 4.78 is 0. The normalized spacial score (nSPS) is 23.2. The molecule has 1 aliphatic rings. The maximum atomic E-state index is 8.33. The first-order valence-electron chi connectivity index (χ1n) is 5.09. The van der Waals surface area contributed by atoms with Gasteiger partial charge in [0.05, 0.1) is 6.07 Å². The molecule has 0 saturated carbocycles. The van der Waals surface area contributed by atoms with Crippen molar-refractivity contribution in [3.05, 3.63) is 0 Å². The Kier molecular flexibility index (Phi) is 4.81. The van der Waals surface area contributed by atoms with Gasteiger partial charge in [0, 0.05) is 13.0 Å². The third-order valence-electron chi connectivity index (χ3n) is 2.56. The molecule has 3 heteroatoms. The van der Waals surface area contributed by atoms with Gasteiger partial charge in [0.1, 0.15) is 0 Å². The van der Waals surface area contributed by atoms with E-state index in [0.717, 1.165) is 25.4 Å². The summed E-state index contributed by atoms with van der Waals surface area (Å²) in [6.07, 6.45) is 2.98. The number of hydrogen-bond donors (Lipinski definition) is 1.